The molecule has 0 aliphatic rings. The van der Waals surface area contributed by atoms with Gasteiger partial charge in [0, 0.05) is 5.92 Å². The molecule has 17 heavy (non-hydrogen) atoms. The van der Waals surface area contributed by atoms with Crippen molar-refractivity contribution >= 4 is 11.9 Å². The summed E-state index contributed by atoms with van der Waals surface area (Å²) in [6, 6.07) is 0. The molecule has 0 saturated heterocycles. The van der Waals surface area contributed by atoms with E-state index in [-0.39, 0.29) is 17.8 Å². The lowest BCUT2D eigenvalue weighted by Crippen LogP contribution is -2.54. The highest BCUT2D eigenvalue weighted by atomic mass is 16.5. The molecule has 1 amide bonds. The van der Waals surface area contributed by atoms with Crippen LogP contribution < -0.4 is 5.32 Å². The topological polar surface area (TPSA) is 55.4 Å². The molecule has 0 bridgehead atoms. The normalized spacial score (nSPS) is 15.8. The molecule has 0 aliphatic heterocycles. The fourth-order valence-electron chi connectivity index (χ4n) is 1.90. The average Bonchev–Trinajstić information content (AvgIpc) is 2.28. The summed E-state index contributed by atoms with van der Waals surface area (Å²) < 4.78 is 4.75. The van der Waals surface area contributed by atoms with Crippen molar-refractivity contribution in [3.05, 3.63) is 0 Å². The van der Waals surface area contributed by atoms with Gasteiger partial charge in [0.05, 0.1) is 7.11 Å². The zero-order valence-electron chi connectivity index (χ0n) is 11.6. The quantitative estimate of drug-likeness (QED) is 0.698. The van der Waals surface area contributed by atoms with E-state index in [2.05, 4.69) is 5.32 Å². The maximum absolute atomic E-state index is 11.9. The fourth-order valence-corrected chi connectivity index (χ4v) is 1.90. The Bertz CT molecular complexity index is 265. The Balaban J connectivity index is 4.64. The minimum Gasteiger partial charge on any atom is -0.467 e. The van der Waals surface area contributed by atoms with E-state index >= 15 is 0 Å². The number of methoxy groups -OCH3 is 1. The van der Waals surface area contributed by atoms with Gasteiger partial charge in [0.1, 0.15) is 5.54 Å². The first-order chi connectivity index (χ1) is 7.91. The summed E-state index contributed by atoms with van der Waals surface area (Å²) in [5, 5.41) is 2.82. The Morgan fingerprint density at radius 2 is 1.88 bits per heavy atom. The lowest BCUT2D eigenvalue weighted by molar-refractivity contribution is -0.151. The summed E-state index contributed by atoms with van der Waals surface area (Å²) in [6.45, 7) is 7.61. The SMILES string of the molecule is CCCC(C)C(=O)NC(C)(CCC)C(=O)OC. The van der Waals surface area contributed by atoms with Gasteiger partial charge in [0.2, 0.25) is 5.91 Å². The van der Waals surface area contributed by atoms with Crippen LogP contribution in [0.4, 0.5) is 0 Å². The maximum Gasteiger partial charge on any atom is 0.331 e. The predicted octanol–water partition coefficient (Wildman–Crippen LogP) is 2.27. The highest BCUT2D eigenvalue weighted by Crippen LogP contribution is 2.16. The van der Waals surface area contributed by atoms with E-state index in [1.807, 2.05) is 20.8 Å². The van der Waals surface area contributed by atoms with Gasteiger partial charge >= 0.3 is 5.97 Å². The van der Waals surface area contributed by atoms with Crippen LogP contribution >= 0.6 is 0 Å². The Hall–Kier alpha value is -1.06. The summed E-state index contributed by atoms with van der Waals surface area (Å²) in [6.07, 6.45) is 3.19. The molecule has 4 heteroatoms. The van der Waals surface area contributed by atoms with Crippen LogP contribution in [-0.4, -0.2) is 24.5 Å². The molecule has 1 N–H and O–H groups in total. The third kappa shape index (κ3) is 4.75. The molecule has 4 nitrogen and oxygen atoms in total. The Morgan fingerprint density at radius 3 is 2.29 bits per heavy atom. The van der Waals surface area contributed by atoms with Crippen molar-refractivity contribution in [1.29, 1.82) is 0 Å². The van der Waals surface area contributed by atoms with Crippen molar-refractivity contribution in [2.24, 2.45) is 5.92 Å². The van der Waals surface area contributed by atoms with Gasteiger partial charge in [-0.2, -0.15) is 0 Å². The van der Waals surface area contributed by atoms with E-state index in [0.717, 1.165) is 19.3 Å². The number of nitrogens with one attached hydrogen (secondary N) is 1. The summed E-state index contributed by atoms with van der Waals surface area (Å²) >= 11 is 0. The van der Waals surface area contributed by atoms with Gasteiger partial charge in [-0.3, -0.25) is 4.79 Å². The van der Waals surface area contributed by atoms with E-state index < -0.39 is 5.54 Å². The van der Waals surface area contributed by atoms with E-state index in [9.17, 15) is 9.59 Å². The molecule has 2 atom stereocenters. The van der Waals surface area contributed by atoms with Crippen LogP contribution in [0.1, 0.15) is 53.4 Å². The Morgan fingerprint density at radius 1 is 1.29 bits per heavy atom. The van der Waals surface area contributed by atoms with Crippen LogP contribution in [0.2, 0.25) is 0 Å². The second kappa shape index (κ2) is 7.30. The second-order valence-electron chi connectivity index (χ2n) is 4.75. The Kier molecular flexibility index (Phi) is 6.85. The summed E-state index contributed by atoms with van der Waals surface area (Å²) in [7, 11) is 1.35. The number of carbonyl (C=O) groups is 2. The molecule has 0 aromatic carbocycles. The van der Waals surface area contributed by atoms with Crippen molar-refractivity contribution in [1.82, 2.24) is 5.32 Å². The zero-order chi connectivity index (χ0) is 13.5. The van der Waals surface area contributed by atoms with Crippen molar-refractivity contribution in [3.8, 4) is 0 Å². The number of ether oxygens (including phenoxy) is 1. The molecule has 0 heterocycles. The number of rotatable bonds is 7. The van der Waals surface area contributed by atoms with Crippen molar-refractivity contribution in [3.63, 3.8) is 0 Å². The maximum atomic E-state index is 11.9. The third-order valence-electron chi connectivity index (χ3n) is 2.95. The second-order valence-corrected chi connectivity index (χ2v) is 4.75. The van der Waals surface area contributed by atoms with Gasteiger partial charge in [-0.15, -0.1) is 0 Å². The van der Waals surface area contributed by atoms with Crippen LogP contribution in [0.3, 0.4) is 0 Å². The molecular formula is C13H25NO3. The summed E-state index contributed by atoms with van der Waals surface area (Å²) in [5.74, 6) is -0.523. The highest BCUT2D eigenvalue weighted by Gasteiger charge is 2.35. The fraction of sp³-hybridized carbons (Fsp3) is 0.846. The standard InChI is InChI=1S/C13H25NO3/c1-6-8-10(3)11(15)14-13(4,9-7-2)12(16)17-5/h10H,6-9H2,1-5H3,(H,14,15). The number of esters is 1. The van der Waals surface area contributed by atoms with Crippen molar-refractivity contribution < 1.29 is 14.3 Å². The molecule has 0 aromatic rings. The van der Waals surface area contributed by atoms with Crippen molar-refractivity contribution in [2.75, 3.05) is 7.11 Å². The molecule has 0 rings (SSSR count). The van der Waals surface area contributed by atoms with E-state index in [4.69, 9.17) is 4.74 Å². The van der Waals surface area contributed by atoms with Crippen LogP contribution in [-0.2, 0) is 14.3 Å². The van der Waals surface area contributed by atoms with E-state index in [0.29, 0.717) is 6.42 Å². The van der Waals surface area contributed by atoms with Crippen LogP contribution in [0.5, 0.6) is 0 Å². The summed E-state index contributed by atoms with van der Waals surface area (Å²) in [4.78, 5) is 23.6. The average molecular weight is 243 g/mol. The molecule has 0 spiro atoms. The third-order valence-corrected chi connectivity index (χ3v) is 2.95. The van der Waals surface area contributed by atoms with E-state index in [1.165, 1.54) is 7.11 Å². The van der Waals surface area contributed by atoms with Crippen LogP contribution in [0.25, 0.3) is 0 Å². The predicted molar refractivity (Wildman–Crippen MR) is 67.5 cm³/mol. The molecular weight excluding hydrogens is 218 g/mol. The van der Waals surface area contributed by atoms with Gasteiger partial charge in [-0.25, -0.2) is 4.79 Å². The van der Waals surface area contributed by atoms with Gasteiger partial charge < -0.3 is 10.1 Å². The highest BCUT2D eigenvalue weighted by molar-refractivity contribution is 5.88. The Labute approximate surface area is 104 Å². The molecule has 0 saturated carbocycles. The molecule has 0 aromatic heterocycles. The van der Waals surface area contributed by atoms with Gasteiger partial charge in [0.25, 0.3) is 0 Å². The van der Waals surface area contributed by atoms with Crippen molar-refractivity contribution in [2.45, 2.75) is 58.9 Å². The van der Waals surface area contributed by atoms with Gasteiger partial charge in [-0.1, -0.05) is 33.6 Å². The largest absolute Gasteiger partial charge is 0.467 e. The monoisotopic (exact) mass is 243 g/mol. The number of hydrogen-bond acceptors (Lipinski definition) is 3. The minimum atomic E-state index is -0.900. The first kappa shape index (κ1) is 15.9. The first-order valence-corrected chi connectivity index (χ1v) is 6.31. The first-order valence-electron chi connectivity index (χ1n) is 6.31. The molecule has 0 fully saturated rings. The van der Waals surface area contributed by atoms with Gasteiger partial charge in [-0.05, 0) is 19.8 Å². The van der Waals surface area contributed by atoms with Crippen LogP contribution in [0, 0.1) is 5.92 Å². The molecule has 2 unspecified atom stereocenters. The number of amides is 1. The van der Waals surface area contributed by atoms with E-state index in [1.54, 1.807) is 6.92 Å². The number of carbonyl (C=O) groups excluding carboxylic acids is 2. The number of hydrogen-bond donors (Lipinski definition) is 1. The van der Waals surface area contributed by atoms with Gasteiger partial charge in [0.15, 0.2) is 0 Å². The molecule has 0 aliphatic carbocycles. The smallest absolute Gasteiger partial charge is 0.331 e. The molecule has 100 valence electrons. The summed E-state index contributed by atoms with van der Waals surface area (Å²) in [5.41, 5.74) is -0.900. The lowest BCUT2D eigenvalue weighted by atomic mass is 9.94. The van der Waals surface area contributed by atoms with Crippen LogP contribution in [0.15, 0.2) is 0 Å². The lowest BCUT2D eigenvalue weighted by Gasteiger charge is -2.28. The molecule has 0 radical (unpaired) electrons. The minimum absolute atomic E-state index is 0.0687. The zero-order valence-corrected chi connectivity index (χ0v) is 11.6.